The summed E-state index contributed by atoms with van der Waals surface area (Å²) in [6.07, 6.45) is -1.93. The van der Waals surface area contributed by atoms with Gasteiger partial charge < -0.3 is 14.7 Å². The normalized spacial score (nSPS) is 11.6. The van der Waals surface area contributed by atoms with Crippen LogP contribution >= 0.6 is 0 Å². The number of anilines is 1. The molecule has 32 heavy (non-hydrogen) atoms. The van der Waals surface area contributed by atoms with E-state index >= 15 is 0 Å². The molecule has 0 unspecified atom stereocenters. The Hall–Kier alpha value is -3.76. The topological polar surface area (TPSA) is 87.4 Å². The van der Waals surface area contributed by atoms with Crippen molar-refractivity contribution < 1.29 is 32.6 Å². The van der Waals surface area contributed by atoms with Crippen molar-refractivity contribution in [3.05, 3.63) is 59.9 Å². The number of carboxylic acid groups (broad SMARTS) is 1. The van der Waals surface area contributed by atoms with Crippen LogP contribution in [0.1, 0.15) is 29.8 Å². The molecule has 11 heteroatoms. The predicted octanol–water partition coefficient (Wildman–Crippen LogP) is 4.40. The zero-order valence-electron chi connectivity index (χ0n) is 17.5. The van der Waals surface area contributed by atoms with Gasteiger partial charge in [0.15, 0.2) is 0 Å². The third-order valence-corrected chi connectivity index (χ3v) is 4.78. The molecule has 0 aliphatic rings. The monoisotopic (exact) mass is 450 g/mol. The highest BCUT2D eigenvalue weighted by atomic mass is 19.4. The van der Waals surface area contributed by atoms with E-state index in [9.17, 15) is 27.9 Å². The van der Waals surface area contributed by atoms with Crippen LogP contribution in [0.4, 0.5) is 23.7 Å². The molecule has 0 saturated heterocycles. The second-order valence-corrected chi connectivity index (χ2v) is 7.33. The fourth-order valence-corrected chi connectivity index (χ4v) is 3.13. The second kappa shape index (κ2) is 8.77. The van der Waals surface area contributed by atoms with Gasteiger partial charge in [0.1, 0.15) is 11.3 Å². The Kier molecular flexibility index (Phi) is 6.28. The summed E-state index contributed by atoms with van der Waals surface area (Å²) < 4.78 is 42.3. The molecule has 1 aromatic carbocycles. The summed E-state index contributed by atoms with van der Waals surface area (Å²) in [5.41, 5.74) is 1.53. The van der Waals surface area contributed by atoms with Gasteiger partial charge in [-0.25, -0.2) is 14.1 Å². The van der Waals surface area contributed by atoms with Gasteiger partial charge in [0.2, 0.25) is 0 Å². The molecule has 0 aliphatic carbocycles. The number of benzene rings is 1. The van der Waals surface area contributed by atoms with E-state index in [2.05, 4.69) is 9.84 Å². The van der Waals surface area contributed by atoms with E-state index in [-0.39, 0.29) is 29.9 Å². The van der Waals surface area contributed by atoms with Gasteiger partial charge in [-0.15, -0.1) is 13.2 Å². The number of amides is 2. The van der Waals surface area contributed by atoms with Gasteiger partial charge >= 0.3 is 18.4 Å². The number of ether oxygens (including phenoxy) is 1. The lowest BCUT2D eigenvalue weighted by Gasteiger charge is -2.31. The van der Waals surface area contributed by atoms with Crippen molar-refractivity contribution in [1.29, 1.82) is 0 Å². The Labute approximate surface area is 181 Å². The van der Waals surface area contributed by atoms with E-state index in [1.807, 2.05) is 13.8 Å². The summed E-state index contributed by atoms with van der Waals surface area (Å²) in [6, 6.07) is 7.78. The van der Waals surface area contributed by atoms with Crippen LogP contribution in [0.15, 0.2) is 48.8 Å². The van der Waals surface area contributed by atoms with Gasteiger partial charge in [-0.3, -0.25) is 4.90 Å². The summed E-state index contributed by atoms with van der Waals surface area (Å²) >= 11 is 0. The summed E-state index contributed by atoms with van der Waals surface area (Å²) in [4.78, 5) is 27.4. The van der Waals surface area contributed by atoms with Crippen molar-refractivity contribution in [3.63, 3.8) is 0 Å². The lowest BCUT2D eigenvalue weighted by Crippen LogP contribution is -2.44. The van der Waals surface area contributed by atoms with Gasteiger partial charge in [-0.05, 0) is 55.8 Å². The Balaban J connectivity index is 1.80. The van der Waals surface area contributed by atoms with E-state index in [1.165, 1.54) is 34.8 Å². The van der Waals surface area contributed by atoms with Crippen molar-refractivity contribution in [2.24, 2.45) is 0 Å². The summed E-state index contributed by atoms with van der Waals surface area (Å²) in [7, 11) is 1.51. The van der Waals surface area contributed by atoms with Crippen molar-refractivity contribution in [1.82, 2.24) is 14.5 Å². The fourth-order valence-electron chi connectivity index (χ4n) is 3.13. The Morgan fingerprint density at radius 1 is 1.19 bits per heavy atom. The molecule has 0 atom stereocenters. The molecule has 2 aromatic heterocycles. The molecule has 3 rings (SSSR count). The van der Waals surface area contributed by atoms with Gasteiger partial charge in [0, 0.05) is 31.5 Å². The fraction of sp³-hybridized carbons (Fsp3) is 0.286. The lowest BCUT2D eigenvalue weighted by atomic mass is 10.1. The summed E-state index contributed by atoms with van der Waals surface area (Å²) in [5, 5.41) is 13.3. The van der Waals surface area contributed by atoms with Crippen LogP contribution in [-0.4, -0.2) is 51.1 Å². The van der Waals surface area contributed by atoms with Crippen LogP contribution < -0.4 is 9.64 Å². The first kappa shape index (κ1) is 22.9. The molecule has 0 fully saturated rings. The first-order valence-electron chi connectivity index (χ1n) is 9.56. The average Bonchev–Trinajstić information content (AvgIpc) is 3.13. The van der Waals surface area contributed by atoms with Crippen molar-refractivity contribution in [2.45, 2.75) is 32.8 Å². The summed E-state index contributed by atoms with van der Waals surface area (Å²) in [5.74, 6) is -1.49. The first-order valence-corrected chi connectivity index (χ1v) is 9.56. The molecule has 0 aliphatic heterocycles. The number of aromatic carboxylic acids is 1. The van der Waals surface area contributed by atoms with Crippen molar-refractivity contribution in [2.75, 3.05) is 11.9 Å². The minimum atomic E-state index is -4.80. The number of pyridine rings is 1. The minimum Gasteiger partial charge on any atom is -0.478 e. The molecule has 0 radical (unpaired) electrons. The number of fused-ring (bicyclic) bond motifs is 1. The van der Waals surface area contributed by atoms with Gasteiger partial charge in [-0.1, -0.05) is 0 Å². The number of hydrogen-bond donors (Lipinski definition) is 1. The highest BCUT2D eigenvalue weighted by Gasteiger charge is 2.31. The molecule has 8 nitrogen and oxygen atoms in total. The third kappa shape index (κ3) is 5.10. The number of carbonyl (C=O) groups excluding carboxylic acids is 1. The number of aromatic nitrogens is 2. The number of carbonyl (C=O) groups is 2. The number of alkyl halides is 3. The quantitative estimate of drug-likeness (QED) is 0.602. The molecular weight excluding hydrogens is 429 g/mol. The van der Waals surface area contributed by atoms with E-state index < -0.39 is 12.3 Å². The van der Waals surface area contributed by atoms with Crippen LogP contribution in [0.2, 0.25) is 0 Å². The molecular formula is C21H21F3N4O4. The highest BCUT2D eigenvalue weighted by Crippen LogP contribution is 2.26. The van der Waals surface area contributed by atoms with E-state index in [4.69, 9.17) is 0 Å². The SMILES string of the molecule is CC(C)N(Cc1ccn2ncc(C(=O)O)c2c1)C(=O)N(C)c1ccc(OC(F)(F)F)cc1. The molecule has 3 aromatic rings. The molecule has 0 spiro atoms. The smallest absolute Gasteiger partial charge is 0.478 e. The molecule has 0 saturated carbocycles. The van der Waals surface area contributed by atoms with Gasteiger partial charge in [0.25, 0.3) is 0 Å². The molecule has 170 valence electrons. The highest BCUT2D eigenvalue weighted by molar-refractivity contribution is 5.95. The zero-order chi connectivity index (χ0) is 23.6. The van der Waals surface area contributed by atoms with Crippen LogP contribution in [0.3, 0.4) is 0 Å². The van der Waals surface area contributed by atoms with Crippen molar-refractivity contribution >= 4 is 23.2 Å². The molecule has 2 amide bonds. The van der Waals surface area contributed by atoms with Crippen LogP contribution in [0.25, 0.3) is 5.52 Å². The predicted molar refractivity (Wildman–Crippen MR) is 110 cm³/mol. The van der Waals surface area contributed by atoms with E-state index in [0.717, 1.165) is 12.1 Å². The number of hydrogen-bond acceptors (Lipinski definition) is 4. The van der Waals surface area contributed by atoms with E-state index in [1.54, 1.807) is 23.2 Å². The zero-order valence-corrected chi connectivity index (χ0v) is 17.5. The second-order valence-electron chi connectivity index (χ2n) is 7.33. The number of rotatable bonds is 6. The van der Waals surface area contributed by atoms with Crippen LogP contribution in [-0.2, 0) is 6.54 Å². The molecule has 2 heterocycles. The van der Waals surface area contributed by atoms with Gasteiger partial charge in [-0.2, -0.15) is 5.10 Å². The Morgan fingerprint density at radius 3 is 2.41 bits per heavy atom. The van der Waals surface area contributed by atoms with E-state index in [0.29, 0.717) is 16.8 Å². The largest absolute Gasteiger partial charge is 0.573 e. The molecule has 0 bridgehead atoms. The average molecular weight is 450 g/mol. The number of nitrogens with zero attached hydrogens (tertiary/aromatic N) is 4. The maximum Gasteiger partial charge on any atom is 0.573 e. The van der Waals surface area contributed by atoms with Crippen LogP contribution in [0, 0.1) is 0 Å². The third-order valence-electron chi connectivity index (χ3n) is 4.78. The lowest BCUT2D eigenvalue weighted by molar-refractivity contribution is -0.274. The number of halogens is 3. The Morgan fingerprint density at radius 2 is 1.84 bits per heavy atom. The van der Waals surface area contributed by atoms with Gasteiger partial charge in [0.05, 0.1) is 11.7 Å². The standard InChI is InChI=1S/C21H21F3N4O4/c1-13(2)27(12-14-8-9-28-18(10-14)17(11-25-28)19(29)30)20(31)26(3)15-4-6-16(7-5-15)32-21(22,23)24/h4-11,13H,12H2,1-3H3,(H,29,30). The Bertz CT molecular complexity index is 1130. The maximum absolute atomic E-state index is 13.1. The first-order chi connectivity index (χ1) is 15.0. The van der Waals surface area contributed by atoms with Crippen LogP contribution in [0.5, 0.6) is 5.75 Å². The minimum absolute atomic E-state index is 0.0487. The maximum atomic E-state index is 13.1. The van der Waals surface area contributed by atoms with Crippen molar-refractivity contribution in [3.8, 4) is 5.75 Å². The number of urea groups is 1. The summed E-state index contributed by atoms with van der Waals surface area (Å²) in [6.45, 7) is 3.84. The molecule has 1 N–H and O–H groups in total. The number of carboxylic acids is 1.